The summed E-state index contributed by atoms with van der Waals surface area (Å²) >= 11 is 0. The zero-order valence-corrected chi connectivity index (χ0v) is 10.9. The number of aliphatic imine (C=N–C) groups is 1. The highest BCUT2D eigenvalue weighted by atomic mass is 16.5. The summed E-state index contributed by atoms with van der Waals surface area (Å²) in [7, 11) is 0. The molecule has 0 aliphatic carbocycles. The number of hydrogen-bond donors (Lipinski definition) is 2. The Kier molecular flexibility index (Phi) is 3.68. The van der Waals surface area contributed by atoms with Crippen LogP contribution in [0.4, 0.5) is 0 Å². The highest BCUT2D eigenvalue weighted by molar-refractivity contribution is 5.78. The van der Waals surface area contributed by atoms with E-state index < -0.39 is 5.54 Å². The van der Waals surface area contributed by atoms with Gasteiger partial charge < -0.3 is 15.6 Å². The molecule has 1 aliphatic rings. The van der Waals surface area contributed by atoms with Crippen molar-refractivity contribution < 1.29 is 9.84 Å². The number of nitrogens with two attached hydrogens (primary N) is 1. The Balaban J connectivity index is 2.56. The second kappa shape index (κ2) is 5.08. The summed E-state index contributed by atoms with van der Waals surface area (Å²) < 4.78 is 5.62. The molecule has 4 nitrogen and oxygen atoms in total. The van der Waals surface area contributed by atoms with Crippen LogP contribution in [-0.2, 0) is 10.3 Å². The topological polar surface area (TPSA) is 67.8 Å². The lowest BCUT2D eigenvalue weighted by Crippen LogP contribution is -2.38. The van der Waals surface area contributed by atoms with Gasteiger partial charge in [0.2, 0.25) is 0 Å². The molecule has 0 unspecified atom stereocenters. The molecular weight excluding hydrogens is 228 g/mol. The van der Waals surface area contributed by atoms with E-state index >= 15 is 0 Å². The van der Waals surface area contributed by atoms with E-state index in [1.54, 1.807) is 6.92 Å². The van der Waals surface area contributed by atoms with E-state index in [-0.39, 0.29) is 12.7 Å². The molecule has 1 heterocycles. The molecule has 98 valence electrons. The molecule has 1 fully saturated rings. The number of aryl methyl sites for hydroxylation is 1. The Morgan fingerprint density at radius 3 is 2.89 bits per heavy atom. The summed E-state index contributed by atoms with van der Waals surface area (Å²) in [5.41, 5.74) is 7.47. The van der Waals surface area contributed by atoms with E-state index in [9.17, 15) is 5.11 Å². The van der Waals surface area contributed by atoms with E-state index in [0.717, 1.165) is 17.5 Å². The summed E-state index contributed by atoms with van der Waals surface area (Å²) in [6.45, 7) is 4.36. The second-order valence-corrected chi connectivity index (χ2v) is 4.78. The van der Waals surface area contributed by atoms with Crippen molar-refractivity contribution in [3.05, 3.63) is 35.4 Å². The minimum absolute atomic E-state index is 0.0505. The van der Waals surface area contributed by atoms with Crippen LogP contribution in [0.2, 0.25) is 0 Å². The monoisotopic (exact) mass is 248 g/mol. The molecular formula is C14H20N2O2. The van der Waals surface area contributed by atoms with Gasteiger partial charge in [-0.3, -0.25) is 4.99 Å². The molecule has 0 amide bonds. The van der Waals surface area contributed by atoms with Gasteiger partial charge in [0.25, 0.3) is 0 Å². The Hall–Kier alpha value is -1.39. The van der Waals surface area contributed by atoms with E-state index in [1.807, 2.05) is 31.2 Å². The second-order valence-electron chi connectivity index (χ2n) is 4.78. The quantitative estimate of drug-likeness (QED) is 0.626. The molecule has 3 N–H and O–H groups in total. The highest BCUT2D eigenvalue weighted by Crippen LogP contribution is 2.41. The lowest BCUT2D eigenvalue weighted by atomic mass is 9.81. The fraction of sp³-hybridized carbons (Fsp3) is 0.500. The van der Waals surface area contributed by atoms with Crippen LogP contribution in [0, 0.1) is 6.92 Å². The lowest BCUT2D eigenvalue weighted by Gasteiger charge is -2.31. The molecule has 0 aromatic heterocycles. The summed E-state index contributed by atoms with van der Waals surface area (Å²) in [5, 5.41) is 9.53. The molecule has 2 atom stereocenters. The Labute approximate surface area is 107 Å². The average molecular weight is 248 g/mol. The van der Waals surface area contributed by atoms with Crippen LogP contribution in [0.1, 0.15) is 24.5 Å². The normalized spacial score (nSPS) is 28.6. The Morgan fingerprint density at radius 2 is 2.28 bits per heavy atom. The number of aliphatic hydroxyl groups is 1. The maximum absolute atomic E-state index is 9.53. The first-order valence-corrected chi connectivity index (χ1v) is 6.20. The molecule has 1 aromatic carbocycles. The van der Waals surface area contributed by atoms with Crippen LogP contribution >= 0.6 is 0 Å². The SMILES string of the molecule is C/C(N)=N\[C@@]1(c2ccccc2C)CCO[C@H]1CO. The number of benzene rings is 1. The maximum atomic E-state index is 9.53. The van der Waals surface area contributed by atoms with Crippen molar-refractivity contribution in [1.29, 1.82) is 0 Å². The van der Waals surface area contributed by atoms with Gasteiger partial charge >= 0.3 is 0 Å². The molecule has 1 aromatic rings. The largest absolute Gasteiger partial charge is 0.394 e. The third-order valence-electron chi connectivity index (χ3n) is 3.49. The van der Waals surface area contributed by atoms with Crippen LogP contribution < -0.4 is 5.73 Å². The van der Waals surface area contributed by atoms with Gasteiger partial charge in [0.15, 0.2) is 0 Å². The number of ether oxygens (including phenoxy) is 1. The zero-order chi connectivity index (χ0) is 13.2. The number of amidine groups is 1. The number of rotatable bonds is 3. The third kappa shape index (κ3) is 2.13. The smallest absolute Gasteiger partial charge is 0.118 e. The van der Waals surface area contributed by atoms with Gasteiger partial charge in [0.1, 0.15) is 11.6 Å². The highest BCUT2D eigenvalue weighted by Gasteiger charge is 2.46. The van der Waals surface area contributed by atoms with Crippen molar-refractivity contribution in [2.75, 3.05) is 13.2 Å². The molecule has 0 spiro atoms. The van der Waals surface area contributed by atoms with Crippen molar-refractivity contribution >= 4 is 5.84 Å². The lowest BCUT2D eigenvalue weighted by molar-refractivity contribution is 0.0308. The van der Waals surface area contributed by atoms with Crippen LogP contribution in [0.5, 0.6) is 0 Å². The minimum Gasteiger partial charge on any atom is -0.394 e. The van der Waals surface area contributed by atoms with Gasteiger partial charge in [-0.1, -0.05) is 24.3 Å². The average Bonchev–Trinajstić information content (AvgIpc) is 2.72. The van der Waals surface area contributed by atoms with Gasteiger partial charge in [-0.15, -0.1) is 0 Å². The van der Waals surface area contributed by atoms with E-state index in [0.29, 0.717) is 12.4 Å². The zero-order valence-electron chi connectivity index (χ0n) is 10.9. The summed E-state index contributed by atoms with van der Waals surface area (Å²) in [4.78, 5) is 4.60. The van der Waals surface area contributed by atoms with Crippen molar-refractivity contribution in [2.24, 2.45) is 10.7 Å². The van der Waals surface area contributed by atoms with Crippen LogP contribution in [0.3, 0.4) is 0 Å². The molecule has 18 heavy (non-hydrogen) atoms. The predicted octanol–water partition coefficient (Wildman–Crippen LogP) is 1.35. The molecule has 2 rings (SSSR count). The molecule has 0 bridgehead atoms. The fourth-order valence-electron chi connectivity index (χ4n) is 2.73. The summed E-state index contributed by atoms with van der Waals surface area (Å²) in [5.74, 6) is 0.516. The Bertz CT molecular complexity index is 455. The first-order valence-electron chi connectivity index (χ1n) is 6.20. The first kappa shape index (κ1) is 13.1. The van der Waals surface area contributed by atoms with Crippen LogP contribution in [0.25, 0.3) is 0 Å². The molecule has 1 saturated heterocycles. The third-order valence-corrected chi connectivity index (χ3v) is 3.49. The van der Waals surface area contributed by atoms with Crippen LogP contribution in [-0.4, -0.2) is 30.3 Å². The van der Waals surface area contributed by atoms with Gasteiger partial charge in [-0.25, -0.2) is 0 Å². The van der Waals surface area contributed by atoms with E-state index in [1.165, 1.54) is 0 Å². The molecule has 1 aliphatic heterocycles. The number of hydrogen-bond acceptors (Lipinski definition) is 3. The molecule has 4 heteroatoms. The first-order chi connectivity index (χ1) is 8.60. The van der Waals surface area contributed by atoms with Gasteiger partial charge in [0.05, 0.1) is 12.4 Å². The fourth-order valence-corrected chi connectivity index (χ4v) is 2.73. The Morgan fingerprint density at radius 1 is 1.56 bits per heavy atom. The van der Waals surface area contributed by atoms with Gasteiger partial charge in [-0.2, -0.15) is 0 Å². The molecule has 0 radical (unpaired) electrons. The van der Waals surface area contributed by atoms with Crippen molar-refractivity contribution in [1.82, 2.24) is 0 Å². The van der Waals surface area contributed by atoms with Crippen molar-refractivity contribution in [3.8, 4) is 0 Å². The van der Waals surface area contributed by atoms with Crippen molar-refractivity contribution in [2.45, 2.75) is 31.9 Å². The summed E-state index contributed by atoms with van der Waals surface area (Å²) in [6.07, 6.45) is 0.426. The van der Waals surface area contributed by atoms with Gasteiger partial charge in [-0.05, 0) is 25.0 Å². The van der Waals surface area contributed by atoms with Crippen molar-refractivity contribution in [3.63, 3.8) is 0 Å². The standard InChI is InChI=1S/C14H20N2O2/c1-10-5-3-4-6-12(10)14(16-11(2)15)7-8-18-13(14)9-17/h3-6,13,17H,7-9H2,1-2H3,(H2,15,16)/t13-,14+/m0/s1. The van der Waals surface area contributed by atoms with E-state index in [2.05, 4.69) is 4.99 Å². The van der Waals surface area contributed by atoms with Crippen LogP contribution in [0.15, 0.2) is 29.3 Å². The van der Waals surface area contributed by atoms with E-state index in [4.69, 9.17) is 10.5 Å². The van der Waals surface area contributed by atoms with Gasteiger partial charge in [0, 0.05) is 13.0 Å². The maximum Gasteiger partial charge on any atom is 0.118 e. The predicted molar refractivity (Wildman–Crippen MR) is 71.6 cm³/mol. The molecule has 0 saturated carbocycles. The minimum atomic E-state index is -0.543. The number of aliphatic hydroxyl groups excluding tert-OH is 1. The number of nitrogens with zero attached hydrogens (tertiary/aromatic N) is 1. The summed E-state index contributed by atoms with van der Waals surface area (Å²) in [6, 6.07) is 8.07.